The van der Waals surface area contributed by atoms with Crippen LogP contribution in [0.5, 0.6) is 0 Å². The first-order chi connectivity index (χ1) is 8.15. The molecule has 0 saturated heterocycles. The molecule has 0 rings (SSSR count). The molecule has 0 fully saturated rings. The van der Waals surface area contributed by atoms with Crippen LogP contribution in [0.3, 0.4) is 0 Å². The lowest BCUT2D eigenvalue weighted by atomic mass is 10.1. The van der Waals surface area contributed by atoms with Crippen LogP contribution < -0.4 is 0 Å². The molecule has 0 spiro atoms. The normalized spacial score (nSPS) is 10.5. The van der Waals surface area contributed by atoms with Gasteiger partial charge < -0.3 is 10.2 Å². The van der Waals surface area contributed by atoms with Crippen molar-refractivity contribution in [3.8, 4) is 0 Å². The van der Waals surface area contributed by atoms with Crippen LogP contribution in [-0.2, 0) is 4.79 Å². The van der Waals surface area contributed by atoms with Gasteiger partial charge in [-0.3, -0.25) is 4.79 Å². The molecule has 0 saturated carbocycles. The first-order valence-electron chi connectivity index (χ1n) is 6.30. The van der Waals surface area contributed by atoms with E-state index in [0.29, 0.717) is 0 Å². The number of hydrogen-bond acceptors (Lipinski definition) is 2. The van der Waals surface area contributed by atoms with Crippen LogP contribution in [0, 0.1) is 0 Å². The Labute approximate surface area is 105 Å². The smallest absolute Gasteiger partial charge is 0.300 e. The molecule has 0 aliphatic rings. The fourth-order valence-electron chi connectivity index (χ4n) is 1.27. The predicted octanol–water partition coefficient (Wildman–Crippen LogP) is 4.46. The van der Waals surface area contributed by atoms with Gasteiger partial charge in [0.25, 0.3) is 5.97 Å². The Balaban J connectivity index is 0. The minimum Gasteiger partial charge on any atom is -0.516 e. The largest absolute Gasteiger partial charge is 0.516 e. The summed E-state index contributed by atoms with van der Waals surface area (Å²) in [5, 5.41) is 15.8. The summed E-state index contributed by atoms with van der Waals surface area (Å²) in [7, 11) is 0. The summed E-state index contributed by atoms with van der Waals surface area (Å²) in [6, 6.07) is 0. The Kier molecular flexibility index (Phi) is 18.3. The van der Waals surface area contributed by atoms with E-state index in [1.165, 1.54) is 38.5 Å². The maximum atomic E-state index is 9.00. The molecular formula is C14H26O3. The van der Waals surface area contributed by atoms with Crippen molar-refractivity contribution in [2.75, 3.05) is 0 Å². The highest BCUT2D eigenvalue weighted by Crippen LogP contribution is 2.06. The lowest BCUT2D eigenvalue weighted by molar-refractivity contribution is -0.134. The fraction of sp³-hybridized carbons (Fsp3) is 0.643. The van der Waals surface area contributed by atoms with Crippen molar-refractivity contribution in [1.29, 1.82) is 0 Å². The highest BCUT2D eigenvalue weighted by Gasteiger charge is 1.87. The molecule has 0 aromatic heterocycles. The van der Waals surface area contributed by atoms with Gasteiger partial charge in [0.1, 0.15) is 0 Å². The molecule has 3 heteroatoms. The van der Waals surface area contributed by atoms with Crippen LogP contribution in [0.2, 0.25) is 0 Å². The zero-order valence-corrected chi connectivity index (χ0v) is 11.1. The molecule has 100 valence electrons. The minimum absolute atomic E-state index is 0.833. The summed E-state index contributed by atoms with van der Waals surface area (Å²) in [6.07, 6.45) is 15.9. The molecule has 0 aliphatic heterocycles. The standard InChI is InChI=1S/C12H22O.C2H4O2/c1-2-3-4-5-6-7-8-9-10-11-12-13;1-2(3)4/h9-13H,2-8H2,1H3;1H3,(H,3,4). The second-order valence-corrected chi connectivity index (χ2v) is 3.85. The quantitative estimate of drug-likeness (QED) is 0.375. The average molecular weight is 242 g/mol. The first-order valence-corrected chi connectivity index (χ1v) is 6.30. The summed E-state index contributed by atoms with van der Waals surface area (Å²) < 4.78 is 0. The first kappa shape index (κ1) is 18.1. The molecule has 17 heavy (non-hydrogen) atoms. The fourth-order valence-corrected chi connectivity index (χ4v) is 1.27. The van der Waals surface area contributed by atoms with Crippen molar-refractivity contribution < 1.29 is 15.0 Å². The number of aliphatic carboxylic acids is 1. The summed E-state index contributed by atoms with van der Waals surface area (Å²) in [6.45, 7) is 3.32. The second-order valence-electron chi connectivity index (χ2n) is 3.85. The maximum Gasteiger partial charge on any atom is 0.300 e. The van der Waals surface area contributed by atoms with Crippen LogP contribution in [0.25, 0.3) is 0 Å². The molecular weight excluding hydrogens is 216 g/mol. The number of aliphatic hydroxyl groups excluding tert-OH is 1. The third-order valence-corrected chi connectivity index (χ3v) is 2.06. The highest BCUT2D eigenvalue weighted by atomic mass is 16.4. The Bertz CT molecular complexity index is 204. The van der Waals surface area contributed by atoms with Crippen LogP contribution >= 0.6 is 0 Å². The molecule has 0 unspecified atom stereocenters. The number of allylic oxidation sites excluding steroid dienone is 3. The second kappa shape index (κ2) is 17.2. The van der Waals surface area contributed by atoms with Crippen LogP contribution in [0.15, 0.2) is 24.5 Å². The average Bonchev–Trinajstić information content (AvgIpc) is 2.26. The van der Waals surface area contributed by atoms with Crippen LogP contribution in [0.1, 0.15) is 58.8 Å². The Morgan fingerprint density at radius 2 is 1.59 bits per heavy atom. The van der Waals surface area contributed by atoms with Gasteiger partial charge in [0.05, 0.1) is 6.26 Å². The van der Waals surface area contributed by atoms with E-state index in [0.717, 1.165) is 19.6 Å². The monoisotopic (exact) mass is 242 g/mol. The number of carboxylic acid groups (broad SMARTS) is 1. The van der Waals surface area contributed by atoms with E-state index in [2.05, 4.69) is 13.0 Å². The summed E-state index contributed by atoms with van der Waals surface area (Å²) in [4.78, 5) is 9.00. The number of hydrogen-bond donors (Lipinski definition) is 2. The number of carboxylic acids is 1. The van der Waals surface area contributed by atoms with E-state index in [-0.39, 0.29) is 0 Å². The molecule has 0 amide bonds. The Morgan fingerprint density at radius 3 is 2.12 bits per heavy atom. The highest BCUT2D eigenvalue weighted by molar-refractivity contribution is 5.62. The molecule has 0 aromatic rings. The summed E-state index contributed by atoms with van der Waals surface area (Å²) in [5.74, 6) is -0.833. The van der Waals surface area contributed by atoms with Crippen molar-refractivity contribution in [3.05, 3.63) is 24.5 Å². The number of rotatable bonds is 8. The van der Waals surface area contributed by atoms with E-state index in [4.69, 9.17) is 15.0 Å². The van der Waals surface area contributed by atoms with E-state index >= 15 is 0 Å². The predicted molar refractivity (Wildman–Crippen MR) is 72.2 cm³/mol. The molecule has 0 aromatic carbocycles. The van der Waals surface area contributed by atoms with Gasteiger partial charge in [0, 0.05) is 6.92 Å². The van der Waals surface area contributed by atoms with Crippen molar-refractivity contribution in [2.45, 2.75) is 58.8 Å². The summed E-state index contributed by atoms with van der Waals surface area (Å²) >= 11 is 0. The number of carbonyl (C=O) groups is 1. The topological polar surface area (TPSA) is 57.5 Å². The molecule has 3 nitrogen and oxygen atoms in total. The molecule has 2 N–H and O–H groups in total. The van der Waals surface area contributed by atoms with Gasteiger partial charge in [-0.2, -0.15) is 0 Å². The van der Waals surface area contributed by atoms with Crippen molar-refractivity contribution in [1.82, 2.24) is 0 Å². The molecule has 0 bridgehead atoms. The van der Waals surface area contributed by atoms with Gasteiger partial charge in [-0.05, 0) is 18.9 Å². The Hall–Kier alpha value is -1.25. The molecule has 0 heterocycles. The van der Waals surface area contributed by atoms with Crippen LogP contribution in [0.4, 0.5) is 0 Å². The van der Waals surface area contributed by atoms with E-state index in [1.807, 2.05) is 6.08 Å². The van der Waals surface area contributed by atoms with Gasteiger partial charge in [-0.1, -0.05) is 51.2 Å². The third-order valence-electron chi connectivity index (χ3n) is 2.06. The number of aliphatic hydroxyl groups is 1. The lowest BCUT2D eigenvalue weighted by Crippen LogP contribution is -1.78. The molecule has 0 radical (unpaired) electrons. The van der Waals surface area contributed by atoms with Gasteiger partial charge >= 0.3 is 0 Å². The number of unbranched alkanes of at least 4 members (excludes halogenated alkanes) is 6. The minimum atomic E-state index is -0.833. The molecule has 0 aliphatic carbocycles. The van der Waals surface area contributed by atoms with Crippen molar-refractivity contribution in [2.24, 2.45) is 0 Å². The summed E-state index contributed by atoms with van der Waals surface area (Å²) in [5.41, 5.74) is 0. The Morgan fingerprint density at radius 1 is 1.06 bits per heavy atom. The third kappa shape index (κ3) is 31.3. The van der Waals surface area contributed by atoms with Crippen molar-refractivity contribution >= 4 is 5.97 Å². The lowest BCUT2D eigenvalue weighted by Gasteiger charge is -1.96. The van der Waals surface area contributed by atoms with Crippen LogP contribution in [-0.4, -0.2) is 16.2 Å². The van der Waals surface area contributed by atoms with E-state index in [1.54, 1.807) is 6.08 Å². The van der Waals surface area contributed by atoms with E-state index < -0.39 is 5.97 Å². The molecule has 0 atom stereocenters. The van der Waals surface area contributed by atoms with Gasteiger partial charge in [0.2, 0.25) is 0 Å². The zero-order valence-electron chi connectivity index (χ0n) is 11.1. The SMILES string of the molecule is CC(=O)O.CCCCCCCCC=CC=CO. The zero-order chi connectivity index (χ0) is 13.4. The van der Waals surface area contributed by atoms with Gasteiger partial charge in [0.15, 0.2) is 0 Å². The van der Waals surface area contributed by atoms with Gasteiger partial charge in [-0.15, -0.1) is 0 Å². The van der Waals surface area contributed by atoms with E-state index in [9.17, 15) is 0 Å². The van der Waals surface area contributed by atoms with Gasteiger partial charge in [-0.25, -0.2) is 0 Å². The maximum absolute atomic E-state index is 9.00. The van der Waals surface area contributed by atoms with Crippen molar-refractivity contribution in [3.63, 3.8) is 0 Å².